The van der Waals surface area contributed by atoms with E-state index >= 15 is 8.90 Å². The third-order valence-electron chi connectivity index (χ3n) is 12.5. The van der Waals surface area contributed by atoms with Crippen LogP contribution < -0.4 is 26.2 Å². The number of ether oxygens (including phenoxy) is 1. The topological polar surface area (TPSA) is 163 Å². The smallest absolute Gasteiger partial charge is 0.264 e. The van der Waals surface area contributed by atoms with E-state index < -0.39 is 31.6 Å². The van der Waals surface area contributed by atoms with Crippen LogP contribution in [0.2, 0.25) is 18.6 Å². The summed E-state index contributed by atoms with van der Waals surface area (Å²) in [6, 6.07) is 22.1. The lowest BCUT2D eigenvalue weighted by molar-refractivity contribution is -0.146. The number of carbonyl (C=O) groups excluding carboxylic acids is 3. The highest BCUT2D eigenvalue weighted by Gasteiger charge is 2.66. The molecule has 1 unspecified atom stereocenters. The zero-order valence-corrected chi connectivity index (χ0v) is 34.3. The van der Waals surface area contributed by atoms with Gasteiger partial charge in [-0.2, -0.15) is 0 Å². The van der Waals surface area contributed by atoms with Crippen molar-refractivity contribution < 1.29 is 28.3 Å². The number of carbonyl (C=O) groups is 3. The number of anilines is 3. The average Bonchev–Trinajstić information content (AvgIpc) is 4.06. The standard InChI is InChI=1S/C43H53FN8O5Si/c1-27-39(58(2,3)44)38(18-21-51-25-36(49-50-51)32(26-53)29-11-5-4-6-12-29)57-43(27)33-23-31(48-41(55)35-15-9-20-46-35)16-17-37(33)52(42(43)56)24-28-10-7-13-30(22-28)47-40(54)34-14-8-19-45-34/h4-7,10-13,16-17,22-23,25,27,32,34-35,38-39,45-46,53H,8-9,14-15,18-21,24,26H2,1-3H3,(H,47,54)(H,48,55)/t27-,32?,34-,35-,38+,39-,43+/m1/s1. The molecule has 58 heavy (non-hydrogen) atoms. The van der Waals surface area contributed by atoms with E-state index in [2.05, 4.69) is 31.6 Å². The highest BCUT2D eigenvalue weighted by molar-refractivity contribution is 6.72. The maximum atomic E-state index is 16.7. The Morgan fingerprint density at radius 3 is 2.31 bits per heavy atom. The number of aromatic nitrogens is 3. The number of benzene rings is 3. The van der Waals surface area contributed by atoms with Crippen LogP contribution in [0, 0.1) is 5.92 Å². The van der Waals surface area contributed by atoms with Crippen LogP contribution in [0.3, 0.4) is 0 Å². The molecule has 3 aromatic carbocycles. The molecule has 1 aromatic heterocycles. The first kappa shape index (κ1) is 40.0. The fourth-order valence-corrected chi connectivity index (χ4v) is 12.2. The predicted octanol–water partition coefficient (Wildman–Crippen LogP) is 5.20. The second-order valence-corrected chi connectivity index (χ2v) is 20.5. The van der Waals surface area contributed by atoms with Gasteiger partial charge in [0, 0.05) is 41.1 Å². The van der Waals surface area contributed by atoms with Crippen molar-refractivity contribution in [1.29, 1.82) is 0 Å². The fourth-order valence-electron chi connectivity index (χ4n) is 9.65. The fraction of sp³-hybridized carbons (Fsp3) is 0.465. The first-order valence-corrected chi connectivity index (χ1v) is 23.5. The third kappa shape index (κ3) is 7.73. The van der Waals surface area contributed by atoms with Gasteiger partial charge in [0.1, 0.15) is 0 Å². The van der Waals surface area contributed by atoms with E-state index in [0.29, 0.717) is 41.3 Å². The van der Waals surface area contributed by atoms with Crippen LogP contribution in [-0.2, 0) is 37.8 Å². The Labute approximate surface area is 339 Å². The highest BCUT2D eigenvalue weighted by atomic mass is 28.4. The highest BCUT2D eigenvalue weighted by Crippen LogP contribution is 2.60. The van der Waals surface area contributed by atoms with Crippen molar-refractivity contribution >= 4 is 43.2 Å². The van der Waals surface area contributed by atoms with Crippen molar-refractivity contribution in [3.8, 4) is 0 Å². The number of nitrogens with zero attached hydrogens (tertiary/aromatic N) is 4. The van der Waals surface area contributed by atoms with Crippen LogP contribution in [0.4, 0.5) is 21.2 Å². The largest absolute Gasteiger partial charge is 0.395 e. The van der Waals surface area contributed by atoms with Gasteiger partial charge in [0.15, 0.2) is 5.60 Å². The second-order valence-electron chi connectivity index (χ2n) is 16.7. The molecule has 7 atom stereocenters. The van der Waals surface area contributed by atoms with Crippen LogP contribution in [0.25, 0.3) is 0 Å². The summed E-state index contributed by atoms with van der Waals surface area (Å²) < 4.78 is 25.4. The van der Waals surface area contributed by atoms with Crippen LogP contribution in [0.1, 0.15) is 67.3 Å². The summed E-state index contributed by atoms with van der Waals surface area (Å²) in [6.07, 6.45) is 4.94. The zero-order valence-electron chi connectivity index (χ0n) is 33.3. The quantitative estimate of drug-likeness (QED) is 0.0904. The monoisotopic (exact) mass is 808 g/mol. The van der Waals surface area contributed by atoms with E-state index in [4.69, 9.17) is 4.74 Å². The average molecular weight is 809 g/mol. The lowest BCUT2D eigenvalue weighted by Crippen LogP contribution is -2.45. The normalized spacial score (nSPS) is 26.0. The van der Waals surface area contributed by atoms with Gasteiger partial charge < -0.3 is 40.1 Å². The SMILES string of the molecule is C[C@@H]1[C@@H]([Si](C)(C)F)[C@H](CCn2cc(C(CO)c3ccccc3)nn2)O[C@@]12C(=O)N(Cc1cccc(NC(=O)[C@H]3CCCN3)c1)c1ccc(NC(=O)[C@H]3CCCN3)cc12. The summed E-state index contributed by atoms with van der Waals surface area (Å²) in [6.45, 7) is 7.27. The number of hydrogen-bond donors (Lipinski definition) is 5. The first-order chi connectivity index (χ1) is 28.0. The number of hydrogen-bond acceptors (Lipinski definition) is 9. The maximum absolute atomic E-state index is 16.7. The minimum Gasteiger partial charge on any atom is -0.395 e. The molecule has 4 aliphatic rings. The lowest BCUT2D eigenvalue weighted by Gasteiger charge is -2.31. The van der Waals surface area contributed by atoms with Crippen LogP contribution in [0.15, 0.2) is 79.0 Å². The number of aryl methyl sites for hydroxylation is 1. The predicted molar refractivity (Wildman–Crippen MR) is 221 cm³/mol. The van der Waals surface area contributed by atoms with Crippen molar-refractivity contribution in [2.45, 2.75) is 100 Å². The van der Waals surface area contributed by atoms with Gasteiger partial charge in [0.25, 0.3) is 5.91 Å². The summed E-state index contributed by atoms with van der Waals surface area (Å²) in [5.74, 6) is -1.41. The number of amides is 3. The summed E-state index contributed by atoms with van der Waals surface area (Å²) in [7, 11) is -3.48. The van der Waals surface area contributed by atoms with Gasteiger partial charge in [-0.15, -0.1) is 5.10 Å². The van der Waals surface area contributed by atoms with Gasteiger partial charge >= 0.3 is 0 Å². The number of nitrogens with one attached hydrogen (secondary N) is 4. The van der Waals surface area contributed by atoms with Crippen molar-refractivity contribution in [3.63, 3.8) is 0 Å². The molecule has 8 rings (SSSR count). The van der Waals surface area contributed by atoms with Gasteiger partial charge in [0.2, 0.25) is 20.2 Å². The second kappa shape index (κ2) is 16.5. The Hall–Kier alpha value is -4.80. The molecule has 4 aromatic rings. The van der Waals surface area contributed by atoms with Crippen LogP contribution in [0.5, 0.6) is 0 Å². The number of aliphatic hydroxyl groups excluding tert-OH is 1. The molecular weight excluding hydrogens is 756 g/mol. The van der Waals surface area contributed by atoms with Crippen molar-refractivity contribution in [1.82, 2.24) is 25.6 Å². The Kier molecular flexibility index (Phi) is 11.3. The van der Waals surface area contributed by atoms with E-state index in [1.165, 1.54) is 0 Å². The molecule has 1 spiro atoms. The minimum absolute atomic E-state index is 0.0895. The van der Waals surface area contributed by atoms with Gasteiger partial charge in [-0.3, -0.25) is 19.1 Å². The Morgan fingerprint density at radius 2 is 1.67 bits per heavy atom. The molecule has 0 saturated carbocycles. The van der Waals surface area contributed by atoms with Gasteiger partial charge in [-0.05, 0) is 99.7 Å². The molecule has 0 bridgehead atoms. The molecule has 5 N–H and O–H groups in total. The van der Waals surface area contributed by atoms with E-state index in [1.54, 1.807) is 28.7 Å². The number of rotatable bonds is 13. The molecule has 306 valence electrons. The van der Waals surface area contributed by atoms with Gasteiger partial charge in [-0.1, -0.05) is 54.6 Å². The number of aliphatic hydroxyl groups is 1. The molecule has 13 nitrogen and oxygen atoms in total. The minimum atomic E-state index is -3.48. The van der Waals surface area contributed by atoms with Crippen molar-refractivity contribution in [3.05, 3.63) is 101 Å². The Morgan fingerprint density at radius 1 is 0.983 bits per heavy atom. The Bertz CT molecular complexity index is 2140. The maximum Gasteiger partial charge on any atom is 0.264 e. The molecule has 4 aliphatic heterocycles. The van der Waals surface area contributed by atoms with Crippen molar-refractivity contribution in [2.75, 3.05) is 35.2 Å². The van der Waals surface area contributed by atoms with Crippen molar-refractivity contribution in [2.24, 2.45) is 5.92 Å². The first-order valence-electron chi connectivity index (χ1n) is 20.5. The Balaban J connectivity index is 1.10. The lowest BCUT2D eigenvalue weighted by atomic mass is 9.82. The molecule has 3 saturated heterocycles. The van der Waals surface area contributed by atoms with Crippen LogP contribution in [-0.4, -0.2) is 84.1 Å². The summed E-state index contributed by atoms with van der Waals surface area (Å²) in [4.78, 5) is 43.1. The molecular formula is C43H53FN8O5Si. The summed E-state index contributed by atoms with van der Waals surface area (Å²) >= 11 is 0. The van der Waals surface area contributed by atoms with Crippen LogP contribution >= 0.6 is 0 Å². The number of fused-ring (bicyclic) bond motifs is 2. The molecule has 3 fully saturated rings. The summed E-state index contributed by atoms with van der Waals surface area (Å²) in [5, 5.41) is 31.5. The summed E-state index contributed by atoms with van der Waals surface area (Å²) in [5.41, 5.74) is 2.69. The van der Waals surface area contributed by atoms with E-state index in [1.807, 2.05) is 79.9 Å². The van der Waals surface area contributed by atoms with E-state index in [9.17, 15) is 14.7 Å². The molecule has 0 radical (unpaired) electrons. The van der Waals surface area contributed by atoms with E-state index in [-0.39, 0.29) is 48.9 Å². The molecule has 5 heterocycles. The van der Waals surface area contributed by atoms with Gasteiger partial charge in [-0.25, -0.2) is 0 Å². The molecule has 3 amide bonds. The van der Waals surface area contributed by atoms with E-state index in [0.717, 1.165) is 49.9 Å². The number of halogens is 1. The zero-order chi connectivity index (χ0) is 40.6. The third-order valence-corrected chi connectivity index (χ3v) is 14.9. The van der Waals surface area contributed by atoms with Gasteiger partial charge in [0.05, 0.1) is 48.6 Å². The molecule has 0 aliphatic carbocycles. The molecule has 15 heteroatoms.